The molecule has 4 rings (SSSR count). The Hall–Kier alpha value is -3.91. The third-order valence-corrected chi connectivity index (χ3v) is 6.33. The molecule has 0 saturated carbocycles. The van der Waals surface area contributed by atoms with Gasteiger partial charge >= 0.3 is 0 Å². The SMILES string of the molecule is COc1cccc(C(=O)N=c2scc(C)n2Cc2ccc(C(=O)N[C@@H](C)c3ccccc3)o2)c1. The Morgan fingerprint density at radius 2 is 1.91 bits per heavy atom. The van der Waals surface area contributed by atoms with Crippen molar-refractivity contribution in [2.45, 2.75) is 26.4 Å². The second kappa shape index (κ2) is 10.4. The molecule has 2 aromatic heterocycles. The van der Waals surface area contributed by atoms with Gasteiger partial charge in [-0.05, 0) is 49.7 Å². The summed E-state index contributed by atoms with van der Waals surface area (Å²) in [6.07, 6.45) is 0. The van der Waals surface area contributed by atoms with Crippen LogP contribution in [0.15, 0.2) is 81.5 Å². The largest absolute Gasteiger partial charge is 0.497 e. The molecule has 2 aromatic carbocycles. The van der Waals surface area contributed by atoms with Crippen molar-refractivity contribution in [3.05, 3.63) is 105 Å². The van der Waals surface area contributed by atoms with Crippen LogP contribution >= 0.6 is 11.3 Å². The fourth-order valence-corrected chi connectivity index (χ4v) is 4.31. The molecule has 0 aliphatic heterocycles. The summed E-state index contributed by atoms with van der Waals surface area (Å²) in [7, 11) is 1.55. The monoisotopic (exact) mass is 475 g/mol. The van der Waals surface area contributed by atoms with Crippen molar-refractivity contribution in [2.24, 2.45) is 4.99 Å². The lowest BCUT2D eigenvalue weighted by Crippen LogP contribution is -2.26. The summed E-state index contributed by atoms with van der Waals surface area (Å²) in [4.78, 5) is 30.2. The number of hydrogen-bond acceptors (Lipinski definition) is 5. The first-order valence-electron chi connectivity index (χ1n) is 10.8. The lowest BCUT2D eigenvalue weighted by molar-refractivity contribution is 0.0909. The lowest BCUT2D eigenvalue weighted by atomic mass is 10.1. The molecule has 2 heterocycles. The Bertz CT molecular complexity index is 1370. The predicted molar refractivity (Wildman–Crippen MR) is 130 cm³/mol. The number of thiazole rings is 1. The highest BCUT2D eigenvalue weighted by Crippen LogP contribution is 2.16. The molecule has 34 heavy (non-hydrogen) atoms. The maximum Gasteiger partial charge on any atom is 0.287 e. The van der Waals surface area contributed by atoms with Crippen molar-refractivity contribution in [2.75, 3.05) is 7.11 Å². The number of aromatic nitrogens is 1. The second-order valence-electron chi connectivity index (χ2n) is 7.77. The van der Waals surface area contributed by atoms with Gasteiger partial charge < -0.3 is 19.0 Å². The molecule has 0 unspecified atom stereocenters. The average Bonchev–Trinajstić information content (AvgIpc) is 3.47. The molecule has 8 heteroatoms. The van der Waals surface area contributed by atoms with E-state index in [0.29, 0.717) is 28.4 Å². The van der Waals surface area contributed by atoms with Crippen LogP contribution in [0.4, 0.5) is 0 Å². The molecule has 2 amide bonds. The predicted octanol–water partition coefficient (Wildman–Crippen LogP) is 4.74. The quantitative estimate of drug-likeness (QED) is 0.418. The van der Waals surface area contributed by atoms with Gasteiger partial charge in [0, 0.05) is 16.6 Å². The smallest absolute Gasteiger partial charge is 0.287 e. The summed E-state index contributed by atoms with van der Waals surface area (Å²) >= 11 is 1.37. The summed E-state index contributed by atoms with van der Waals surface area (Å²) < 4.78 is 12.9. The highest BCUT2D eigenvalue weighted by atomic mass is 32.1. The van der Waals surface area contributed by atoms with Gasteiger partial charge in [0.25, 0.3) is 11.8 Å². The zero-order valence-electron chi connectivity index (χ0n) is 19.1. The second-order valence-corrected chi connectivity index (χ2v) is 8.60. The third-order valence-electron chi connectivity index (χ3n) is 5.35. The first kappa shape index (κ1) is 23.3. The van der Waals surface area contributed by atoms with E-state index in [0.717, 1.165) is 11.3 Å². The van der Waals surface area contributed by atoms with Gasteiger partial charge in [0.05, 0.1) is 19.7 Å². The molecule has 0 radical (unpaired) electrons. The molecule has 174 valence electrons. The zero-order chi connectivity index (χ0) is 24.1. The number of rotatable bonds is 7. The summed E-state index contributed by atoms with van der Waals surface area (Å²) in [6, 6.07) is 19.9. The first-order valence-corrected chi connectivity index (χ1v) is 11.6. The fraction of sp³-hybridized carbons (Fsp3) is 0.192. The van der Waals surface area contributed by atoms with Crippen molar-refractivity contribution in [1.82, 2.24) is 9.88 Å². The van der Waals surface area contributed by atoms with Gasteiger partial charge in [-0.15, -0.1) is 11.3 Å². The van der Waals surface area contributed by atoms with Crippen LogP contribution in [0.5, 0.6) is 5.75 Å². The van der Waals surface area contributed by atoms with E-state index >= 15 is 0 Å². The van der Waals surface area contributed by atoms with E-state index in [1.807, 2.05) is 54.1 Å². The van der Waals surface area contributed by atoms with Crippen LogP contribution < -0.4 is 14.9 Å². The number of benzene rings is 2. The first-order chi connectivity index (χ1) is 16.4. The standard InChI is InChI=1S/C26H25N3O4S/c1-17-16-34-26(28-24(30)20-10-7-11-21(14-20)32-3)29(17)15-22-12-13-23(33-22)25(31)27-18(2)19-8-5-4-6-9-19/h4-14,16,18H,15H2,1-3H3,(H,27,31)/t18-/m0/s1. The Balaban J connectivity index is 1.50. The summed E-state index contributed by atoms with van der Waals surface area (Å²) in [5.41, 5.74) is 2.39. The molecular weight excluding hydrogens is 450 g/mol. The van der Waals surface area contributed by atoms with Gasteiger partial charge in [-0.2, -0.15) is 4.99 Å². The number of aryl methyl sites for hydroxylation is 1. The molecule has 0 bridgehead atoms. The van der Waals surface area contributed by atoms with Crippen LogP contribution in [0.25, 0.3) is 0 Å². The van der Waals surface area contributed by atoms with Crippen molar-refractivity contribution in [3.8, 4) is 5.75 Å². The lowest BCUT2D eigenvalue weighted by Gasteiger charge is -2.13. The molecule has 0 aliphatic rings. The zero-order valence-corrected chi connectivity index (χ0v) is 20.0. The van der Waals surface area contributed by atoms with E-state index in [1.165, 1.54) is 11.3 Å². The Morgan fingerprint density at radius 1 is 1.12 bits per heavy atom. The minimum atomic E-state index is -0.357. The van der Waals surface area contributed by atoms with Crippen molar-refractivity contribution in [3.63, 3.8) is 0 Å². The molecule has 0 spiro atoms. The van der Waals surface area contributed by atoms with Crippen LogP contribution in [0, 0.1) is 6.92 Å². The number of carbonyl (C=O) groups excluding carboxylic acids is 2. The molecule has 0 aliphatic carbocycles. The van der Waals surface area contributed by atoms with E-state index in [-0.39, 0.29) is 23.6 Å². The van der Waals surface area contributed by atoms with E-state index in [1.54, 1.807) is 43.5 Å². The summed E-state index contributed by atoms with van der Waals surface area (Å²) in [6.45, 7) is 4.21. The highest BCUT2D eigenvalue weighted by Gasteiger charge is 2.16. The minimum Gasteiger partial charge on any atom is -0.497 e. The number of furan rings is 1. The van der Waals surface area contributed by atoms with E-state index < -0.39 is 0 Å². The van der Waals surface area contributed by atoms with Gasteiger partial charge in [-0.3, -0.25) is 9.59 Å². The van der Waals surface area contributed by atoms with Gasteiger partial charge in [-0.25, -0.2) is 0 Å². The Morgan fingerprint density at radius 3 is 2.68 bits per heavy atom. The van der Waals surface area contributed by atoms with Crippen LogP contribution in [0.3, 0.4) is 0 Å². The Kier molecular flexibility index (Phi) is 7.08. The van der Waals surface area contributed by atoms with Crippen molar-refractivity contribution < 1.29 is 18.7 Å². The molecule has 1 atom stereocenters. The topological polar surface area (TPSA) is 85.8 Å². The Labute approximate surface area is 201 Å². The van der Waals surface area contributed by atoms with Crippen LogP contribution in [0.2, 0.25) is 0 Å². The fourth-order valence-electron chi connectivity index (χ4n) is 3.44. The minimum absolute atomic E-state index is 0.149. The van der Waals surface area contributed by atoms with Crippen LogP contribution in [-0.4, -0.2) is 23.5 Å². The van der Waals surface area contributed by atoms with Gasteiger partial charge in [-0.1, -0.05) is 36.4 Å². The average molecular weight is 476 g/mol. The molecule has 1 N–H and O–H groups in total. The third kappa shape index (κ3) is 5.35. The molecule has 4 aromatic rings. The van der Waals surface area contributed by atoms with E-state index in [4.69, 9.17) is 9.15 Å². The van der Waals surface area contributed by atoms with Crippen LogP contribution in [-0.2, 0) is 6.54 Å². The van der Waals surface area contributed by atoms with E-state index in [9.17, 15) is 9.59 Å². The number of nitrogens with one attached hydrogen (secondary N) is 1. The highest BCUT2D eigenvalue weighted by molar-refractivity contribution is 7.07. The number of methoxy groups -OCH3 is 1. The molecule has 0 saturated heterocycles. The molecule has 0 fully saturated rings. The van der Waals surface area contributed by atoms with Crippen molar-refractivity contribution >= 4 is 23.2 Å². The molecular formula is C26H25N3O4S. The summed E-state index contributed by atoms with van der Waals surface area (Å²) in [5, 5.41) is 4.88. The summed E-state index contributed by atoms with van der Waals surface area (Å²) in [5.74, 6) is 0.780. The maximum atomic E-state index is 12.7. The number of nitrogens with zero attached hydrogens (tertiary/aromatic N) is 2. The van der Waals surface area contributed by atoms with Crippen molar-refractivity contribution in [1.29, 1.82) is 0 Å². The van der Waals surface area contributed by atoms with E-state index in [2.05, 4.69) is 10.3 Å². The normalized spacial score (nSPS) is 12.4. The maximum absolute atomic E-state index is 12.7. The number of hydrogen-bond donors (Lipinski definition) is 1. The molecule has 7 nitrogen and oxygen atoms in total. The van der Waals surface area contributed by atoms with Gasteiger partial charge in [0.15, 0.2) is 10.6 Å². The number of amides is 2. The van der Waals surface area contributed by atoms with Gasteiger partial charge in [0.1, 0.15) is 11.5 Å². The number of ether oxygens (including phenoxy) is 1. The van der Waals surface area contributed by atoms with Crippen LogP contribution in [0.1, 0.15) is 50.9 Å². The van der Waals surface area contributed by atoms with Gasteiger partial charge in [0.2, 0.25) is 0 Å². The number of carbonyl (C=O) groups is 2.